The van der Waals surface area contributed by atoms with E-state index in [4.69, 9.17) is 23.2 Å². The highest BCUT2D eigenvalue weighted by Crippen LogP contribution is 2.24. The van der Waals surface area contributed by atoms with E-state index in [1.54, 1.807) is 23.1 Å². The predicted molar refractivity (Wildman–Crippen MR) is 104 cm³/mol. The van der Waals surface area contributed by atoms with Crippen LogP contribution in [0.25, 0.3) is 0 Å². The summed E-state index contributed by atoms with van der Waals surface area (Å²) in [7, 11) is 0. The van der Waals surface area contributed by atoms with Crippen LogP contribution in [0.2, 0.25) is 10.0 Å². The first-order chi connectivity index (χ1) is 12.5. The van der Waals surface area contributed by atoms with Crippen molar-refractivity contribution < 1.29 is 9.59 Å². The van der Waals surface area contributed by atoms with Crippen LogP contribution < -0.4 is 5.32 Å². The van der Waals surface area contributed by atoms with Crippen molar-refractivity contribution in [3.8, 4) is 0 Å². The molecule has 1 atom stereocenters. The van der Waals surface area contributed by atoms with Crippen molar-refractivity contribution in [2.45, 2.75) is 38.1 Å². The van der Waals surface area contributed by atoms with Crippen molar-refractivity contribution >= 4 is 35.0 Å². The molecule has 142 valence electrons. The van der Waals surface area contributed by atoms with E-state index < -0.39 is 0 Å². The van der Waals surface area contributed by atoms with Crippen molar-refractivity contribution in [1.82, 2.24) is 15.1 Å². The lowest BCUT2D eigenvalue weighted by Crippen LogP contribution is -2.47. The Morgan fingerprint density at radius 3 is 2.58 bits per heavy atom. The smallest absolute Gasteiger partial charge is 0.242 e. The second-order valence-electron chi connectivity index (χ2n) is 7.01. The molecule has 1 N–H and O–H groups in total. The zero-order chi connectivity index (χ0) is 18.5. The molecule has 0 bridgehead atoms. The van der Waals surface area contributed by atoms with Crippen molar-refractivity contribution in [3.05, 3.63) is 33.8 Å². The number of hydrogen-bond acceptors (Lipinski definition) is 3. The average molecular weight is 398 g/mol. The van der Waals surface area contributed by atoms with E-state index in [2.05, 4.69) is 10.2 Å². The number of likely N-dealkylation sites (tertiary alicyclic amines) is 2. The molecule has 1 aromatic carbocycles. The third kappa shape index (κ3) is 4.90. The number of nitrogens with one attached hydrogen (secondary N) is 1. The molecular formula is C19H25Cl2N3O2. The summed E-state index contributed by atoms with van der Waals surface area (Å²) >= 11 is 11.9. The van der Waals surface area contributed by atoms with Crippen LogP contribution in [0.1, 0.15) is 31.2 Å². The van der Waals surface area contributed by atoms with Crippen molar-refractivity contribution in [2.75, 3.05) is 32.7 Å². The van der Waals surface area contributed by atoms with Gasteiger partial charge in [-0.15, -0.1) is 0 Å². The van der Waals surface area contributed by atoms with Gasteiger partial charge in [-0.25, -0.2) is 0 Å². The van der Waals surface area contributed by atoms with Gasteiger partial charge < -0.3 is 15.1 Å². The van der Waals surface area contributed by atoms with Gasteiger partial charge in [-0.05, 0) is 56.5 Å². The van der Waals surface area contributed by atoms with E-state index in [1.165, 1.54) is 12.8 Å². The summed E-state index contributed by atoms with van der Waals surface area (Å²) in [6.45, 7) is 4.39. The van der Waals surface area contributed by atoms with E-state index in [0.29, 0.717) is 23.1 Å². The molecule has 0 aliphatic carbocycles. The quantitative estimate of drug-likeness (QED) is 0.802. The number of carbonyl (C=O) groups excluding carboxylic acids is 2. The molecule has 1 unspecified atom stereocenters. The Morgan fingerprint density at radius 1 is 1.08 bits per heavy atom. The van der Waals surface area contributed by atoms with Crippen LogP contribution in [0.5, 0.6) is 0 Å². The minimum Gasteiger partial charge on any atom is -0.353 e. The van der Waals surface area contributed by atoms with Crippen molar-refractivity contribution in [1.29, 1.82) is 0 Å². The molecule has 0 aromatic heterocycles. The Kier molecular flexibility index (Phi) is 6.79. The van der Waals surface area contributed by atoms with Gasteiger partial charge in [-0.2, -0.15) is 0 Å². The highest BCUT2D eigenvalue weighted by atomic mass is 35.5. The summed E-state index contributed by atoms with van der Waals surface area (Å²) in [6, 6.07) is 4.85. The molecule has 26 heavy (non-hydrogen) atoms. The van der Waals surface area contributed by atoms with Crippen LogP contribution in [0.4, 0.5) is 0 Å². The van der Waals surface area contributed by atoms with E-state index in [1.807, 2.05) is 0 Å². The lowest BCUT2D eigenvalue weighted by atomic mass is 10.1. The number of nitrogens with zero attached hydrogens (tertiary/aromatic N) is 2. The topological polar surface area (TPSA) is 52.7 Å². The summed E-state index contributed by atoms with van der Waals surface area (Å²) in [6.07, 6.45) is 4.30. The summed E-state index contributed by atoms with van der Waals surface area (Å²) in [4.78, 5) is 29.3. The van der Waals surface area contributed by atoms with E-state index >= 15 is 0 Å². The molecule has 2 heterocycles. The lowest BCUT2D eigenvalue weighted by Gasteiger charge is -2.24. The first kappa shape index (κ1) is 19.5. The molecular weight excluding hydrogens is 373 g/mol. The maximum atomic E-state index is 12.7. The highest BCUT2D eigenvalue weighted by molar-refractivity contribution is 6.42. The molecule has 0 saturated carbocycles. The Hall–Kier alpha value is -1.30. The summed E-state index contributed by atoms with van der Waals surface area (Å²) in [5.74, 6) is -0.0789. The molecule has 1 aromatic rings. The van der Waals surface area contributed by atoms with Gasteiger partial charge in [-0.3, -0.25) is 9.59 Å². The zero-order valence-electron chi connectivity index (χ0n) is 14.8. The Balaban J connectivity index is 1.51. The second kappa shape index (κ2) is 9.07. The molecule has 3 rings (SSSR count). The van der Waals surface area contributed by atoms with Gasteiger partial charge in [0.05, 0.1) is 16.5 Å². The molecule has 2 saturated heterocycles. The maximum Gasteiger partial charge on any atom is 0.242 e. The summed E-state index contributed by atoms with van der Waals surface area (Å²) < 4.78 is 0. The normalized spacial score (nSPS) is 20.5. The number of rotatable bonds is 6. The molecule has 2 amide bonds. The van der Waals surface area contributed by atoms with Crippen LogP contribution in [0.15, 0.2) is 18.2 Å². The highest BCUT2D eigenvalue weighted by Gasteiger charge is 2.33. The van der Waals surface area contributed by atoms with Crippen LogP contribution in [-0.4, -0.2) is 60.4 Å². The van der Waals surface area contributed by atoms with Crippen LogP contribution in [0, 0.1) is 0 Å². The monoisotopic (exact) mass is 397 g/mol. The molecule has 2 fully saturated rings. The minimum atomic E-state index is -0.358. The fourth-order valence-electron chi connectivity index (χ4n) is 3.72. The number of benzene rings is 1. The second-order valence-corrected chi connectivity index (χ2v) is 7.82. The number of halogens is 2. The molecule has 7 heteroatoms. The van der Waals surface area contributed by atoms with Gasteiger partial charge in [0.15, 0.2) is 0 Å². The van der Waals surface area contributed by atoms with Crippen molar-refractivity contribution in [3.63, 3.8) is 0 Å². The Labute approximate surface area is 164 Å². The fraction of sp³-hybridized carbons (Fsp3) is 0.579. The standard InChI is InChI=1S/C19H25Cl2N3O2/c20-15-6-5-14(12-16(15)21)13-18(25)24-10-3-4-17(24)19(26)22-7-11-23-8-1-2-9-23/h5-6,12,17H,1-4,7-11,13H2,(H,22,26). The number of hydrogen-bond donors (Lipinski definition) is 1. The largest absolute Gasteiger partial charge is 0.353 e. The maximum absolute atomic E-state index is 12.7. The van der Waals surface area contributed by atoms with Crippen LogP contribution in [-0.2, 0) is 16.0 Å². The fourth-order valence-corrected chi connectivity index (χ4v) is 4.05. The van der Waals surface area contributed by atoms with Gasteiger partial charge in [0.2, 0.25) is 11.8 Å². The van der Waals surface area contributed by atoms with Crippen LogP contribution in [0.3, 0.4) is 0 Å². The molecule has 2 aliphatic rings. The lowest BCUT2D eigenvalue weighted by molar-refractivity contribution is -0.138. The van der Waals surface area contributed by atoms with Crippen LogP contribution >= 0.6 is 23.2 Å². The first-order valence-electron chi connectivity index (χ1n) is 9.28. The van der Waals surface area contributed by atoms with E-state index in [-0.39, 0.29) is 24.3 Å². The number of carbonyl (C=O) groups is 2. The zero-order valence-corrected chi connectivity index (χ0v) is 16.4. The van der Waals surface area contributed by atoms with Gasteiger partial charge in [0, 0.05) is 19.6 Å². The third-order valence-electron chi connectivity index (χ3n) is 5.14. The molecule has 0 radical (unpaired) electrons. The first-order valence-corrected chi connectivity index (χ1v) is 10.0. The molecule has 2 aliphatic heterocycles. The Bertz CT molecular complexity index is 662. The predicted octanol–water partition coefficient (Wildman–Crippen LogP) is 2.74. The van der Waals surface area contributed by atoms with E-state index in [9.17, 15) is 9.59 Å². The van der Waals surface area contributed by atoms with E-state index in [0.717, 1.165) is 38.0 Å². The SMILES string of the molecule is O=C(NCCN1CCCC1)C1CCCN1C(=O)Cc1ccc(Cl)c(Cl)c1. The average Bonchev–Trinajstić information content (AvgIpc) is 3.29. The molecule has 0 spiro atoms. The van der Waals surface area contributed by atoms with Gasteiger partial charge in [0.25, 0.3) is 0 Å². The van der Waals surface area contributed by atoms with Gasteiger partial charge in [0.1, 0.15) is 6.04 Å². The number of amides is 2. The van der Waals surface area contributed by atoms with Gasteiger partial charge >= 0.3 is 0 Å². The van der Waals surface area contributed by atoms with Gasteiger partial charge in [-0.1, -0.05) is 29.3 Å². The third-order valence-corrected chi connectivity index (χ3v) is 5.88. The minimum absolute atomic E-state index is 0.0378. The summed E-state index contributed by atoms with van der Waals surface area (Å²) in [5, 5.41) is 3.91. The Morgan fingerprint density at radius 2 is 1.85 bits per heavy atom. The van der Waals surface area contributed by atoms with Crippen molar-refractivity contribution in [2.24, 2.45) is 0 Å². The summed E-state index contributed by atoms with van der Waals surface area (Å²) in [5.41, 5.74) is 0.810. The molecule has 5 nitrogen and oxygen atoms in total.